The molecule has 0 rings (SSSR count). The second-order valence-electron chi connectivity index (χ2n) is 2.00. The lowest BCUT2D eigenvalue weighted by Gasteiger charge is -2.07. The van der Waals surface area contributed by atoms with Gasteiger partial charge in [-0.05, 0) is 13.3 Å². The molecule has 0 radical (unpaired) electrons. The summed E-state index contributed by atoms with van der Waals surface area (Å²) in [7, 11) is 0. The number of rotatable bonds is 3. The van der Waals surface area contributed by atoms with Gasteiger partial charge in [0.2, 0.25) is 0 Å². The number of hydrogen-bond acceptors (Lipinski definition) is 3. The van der Waals surface area contributed by atoms with E-state index in [1.807, 2.05) is 0 Å². The first kappa shape index (κ1) is 8.59. The van der Waals surface area contributed by atoms with Gasteiger partial charge in [0.15, 0.2) is 5.78 Å². The highest BCUT2D eigenvalue weighted by atomic mass is 16.3. The fourth-order valence-electron chi connectivity index (χ4n) is 0.480. The summed E-state index contributed by atoms with van der Waals surface area (Å²) in [5.41, 5.74) is 0. The molecule has 0 aliphatic rings. The Morgan fingerprint density at radius 1 is 1.56 bits per heavy atom. The zero-order chi connectivity index (χ0) is 7.44. The number of Topliss-reactive ketones (excluding diaryl/α,β-unsaturated/α-hetero) is 1. The molecule has 3 heteroatoms. The third-order valence-electron chi connectivity index (χ3n) is 1.13. The zero-order valence-corrected chi connectivity index (χ0v) is 5.66. The number of hydrogen-bond donors (Lipinski definition) is 2. The molecule has 0 amide bonds. The lowest BCUT2D eigenvalue weighted by molar-refractivity contribution is -0.134. The normalized spacial score (nSPS) is 16.9. The Morgan fingerprint density at radius 3 is 2.11 bits per heavy atom. The van der Waals surface area contributed by atoms with Crippen molar-refractivity contribution in [1.29, 1.82) is 0 Å². The van der Waals surface area contributed by atoms with Crippen LogP contribution < -0.4 is 0 Å². The molecule has 0 aromatic heterocycles. The molecular formula is C6H12O3. The smallest absolute Gasteiger partial charge is 0.189 e. The van der Waals surface area contributed by atoms with Crippen molar-refractivity contribution in [3.05, 3.63) is 0 Å². The van der Waals surface area contributed by atoms with E-state index in [2.05, 4.69) is 0 Å². The highest BCUT2D eigenvalue weighted by Crippen LogP contribution is 1.95. The van der Waals surface area contributed by atoms with Gasteiger partial charge in [-0.3, -0.25) is 4.79 Å². The first-order valence-corrected chi connectivity index (χ1v) is 2.99. The predicted molar refractivity (Wildman–Crippen MR) is 33.0 cm³/mol. The summed E-state index contributed by atoms with van der Waals surface area (Å²) >= 11 is 0. The fraction of sp³-hybridized carbons (Fsp3) is 0.833. The van der Waals surface area contributed by atoms with Crippen molar-refractivity contribution in [2.45, 2.75) is 32.5 Å². The summed E-state index contributed by atoms with van der Waals surface area (Å²) in [4.78, 5) is 10.6. The molecule has 0 fully saturated rings. The molecule has 0 bridgehead atoms. The molecule has 0 saturated carbocycles. The standard InChI is InChI=1S/C6H12O3/c1-3-5(8)6(9)4(2)7/h4-5,7-8H,3H2,1-2H3. The SMILES string of the molecule is CCC(O)C(=O)C(C)O. The first-order valence-electron chi connectivity index (χ1n) is 2.99. The molecule has 0 aliphatic heterocycles. The number of ketones is 1. The fourth-order valence-corrected chi connectivity index (χ4v) is 0.480. The molecule has 9 heavy (non-hydrogen) atoms. The molecule has 0 aromatic rings. The second kappa shape index (κ2) is 3.58. The van der Waals surface area contributed by atoms with Gasteiger partial charge in [-0.2, -0.15) is 0 Å². The van der Waals surface area contributed by atoms with Gasteiger partial charge in [0, 0.05) is 0 Å². The summed E-state index contributed by atoms with van der Waals surface area (Å²) in [5.74, 6) is -0.502. The largest absolute Gasteiger partial charge is 0.386 e. The van der Waals surface area contributed by atoms with Crippen LogP contribution in [0.5, 0.6) is 0 Å². The van der Waals surface area contributed by atoms with E-state index in [1.165, 1.54) is 6.92 Å². The van der Waals surface area contributed by atoms with Crippen molar-refractivity contribution in [2.75, 3.05) is 0 Å². The van der Waals surface area contributed by atoms with E-state index in [9.17, 15) is 4.79 Å². The van der Waals surface area contributed by atoms with E-state index in [0.717, 1.165) is 0 Å². The van der Waals surface area contributed by atoms with Crippen molar-refractivity contribution >= 4 is 5.78 Å². The molecule has 0 saturated heterocycles. The summed E-state index contributed by atoms with van der Waals surface area (Å²) in [5, 5.41) is 17.4. The van der Waals surface area contributed by atoms with Gasteiger partial charge in [0.25, 0.3) is 0 Å². The summed E-state index contributed by atoms with van der Waals surface area (Å²) in [6.07, 6.45) is -1.67. The van der Waals surface area contributed by atoms with Gasteiger partial charge in [-0.25, -0.2) is 0 Å². The maximum atomic E-state index is 10.6. The van der Waals surface area contributed by atoms with Crippen LogP contribution in [0.1, 0.15) is 20.3 Å². The van der Waals surface area contributed by atoms with Crippen LogP contribution in [-0.2, 0) is 4.79 Å². The number of aliphatic hydroxyl groups is 2. The number of aliphatic hydroxyl groups excluding tert-OH is 2. The Kier molecular flexibility index (Phi) is 3.42. The van der Waals surface area contributed by atoms with Gasteiger partial charge in [0.1, 0.15) is 12.2 Å². The van der Waals surface area contributed by atoms with Crippen molar-refractivity contribution in [2.24, 2.45) is 0 Å². The van der Waals surface area contributed by atoms with Crippen molar-refractivity contribution in [3.8, 4) is 0 Å². The van der Waals surface area contributed by atoms with Crippen LogP contribution in [0.15, 0.2) is 0 Å². The van der Waals surface area contributed by atoms with Gasteiger partial charge in [0.05, 0.1) is 0 Å². The van der Waals surface area contributed by atoms with Gasteiger partial charge < -0.3 is 10.2 Å². The van der Waals surface area contributed by atoms with Gasteiger partial charge in [-0.15, -0.1) is 0 Å². The van der Waals surface area contributed by atoms with Crippen LogP contribution in [0.2, 0.25) is 0 Å². The van der Waals surface area contributed by atoms with Crippen LogP contribution in [0.4, 0.5) is 0 Å². The minimum atomic E-state index is -1.04. The van der Waals surface area contributed by atoms with Gasteiger partial charge in [-0.1, -0.05) is 6.92 Å². The van der Waals surface area contributed by atoms with E-state index in [0.29, 0.717) is 6.42 Å². The molecule has 2 N–H and O–H groups in total. The third kappa shape index (κ3) is 2.58. The molecule has 0 spiro atoms. The molecule has 2 unspecified atom stereocenters. The first-order chi connectivity index (χ1) is 4.09. The Bertz CT molecular complexity index is 98.5. The van der Waals surface area contributed by atoms with Crippen LogP contribution >= 0.6 is 0 Å². The topological polar surface area (TPSA) is 57.5 Å². The maximum Gasteiger partial charge on any atom is 0.189 e. The average molecular weight is 132 g/mol. The highest BCUT2D eigenvalue weighted by molar-refractivity contribution is 5.86. The van der Waals surface area contributed by atoms with Crippen LogP contribution in [0.25, 0.3) is 0 Å². The third-order valence-corrected chi connectivity index (χ3v) is 1.13. The van der Waals surface area contributed by atoms with E-state index >= 15 is 0 Å². The Hall–Kier alpha value is -0.410. The van der Waals surface area contributed by atoms with Crippen molar-refractivity contribution < 1.29 is 15.0 Å². The van der Waals surface area contributed by atoms with E-state index in [4.69, 9.17) is 10.2 Å². The maximum absolute atomic E-state index is 10.6. The monoisotopic (exact) mass is 132 g/mol. The Balaban J connectivity index is 3.73. The van der Waals surface area contributed by atoms with E-state index in [-0.39, 0.29) is 0 Å². The minimum Gasteiger partial charge on any atom is -0.386 e. The lowest BCUT2D eigenvalue weighted by atomic mass is 10.1. The van der Waals surface area contributed by atoms with Crippen molar-refractivity contribution in [1.82, 2.24) is 0 Å². The highest BCUT2D eigenvalue weighted by Gasteiger charge is 2.16. The second-order valence-corrected chi connectivity index (χ2v) is 2.00. The van der Waals surface area contributed by atoms with Crippen LogP contribution in [0.3, 0.4) is 0 Å². The van der Waals surface area contributed by atoms with Gasteiger partial charge >= 0.3 is 0 Å². The van der Waals surface area contributed by atoms with E-state index in [1.54, 1.807) is 6.92 Å². The lowest BCUT2D eigenvalue weighted by Crippen LogP contribution is -2.29. The van der Waals surface area contributed by atoms with E-state index < -0.39 is 18.0 Å². The molecule has 0 aliphatic carbocycles. The Labute approximate surface area is 54.3 Å². The quantitative estimate of drug-likeness (QED) is 0.554. The average Bonchev–Trinajstić information content (AvgIpc) is 1.84. The van der Waals surface area contributed by atoms with Crippen LogP contribution in [0, 0.1) is 0 Å². The molecule has 0 aromatic carbocycles. The molecule has 0 heterocycles. The summed E-state index contributed by atoms with van der Waals surface area (Å²) < 4.78 is 0. The minimum absolute atomic E-state index is 0.365. The zero-order valence-electron chi connectivity index (χ0n) is 5.66. The molecule has 3 nitrogen and oxygen atoms in total. The molecule has 54 valence electrons. The van der Waals surface area contributed by atoms with Crippen molar-refractivity contribution in [3.63, 3.8) is 0 Å². The predicted octanol–water partition coefficient (Wildman–Crippen LogP) is -0.293. The summed E-state index contributed by atoms with van der Waals surface area (Å²) in [6.45, 7) is 3.03. The number of carbonyl (C=O) groups excluding carboxylic acids is 1. The Morgan fingerprint density at radius 2 is 2.00 bits per heavy atom. The van der Waals surface area contributed by atoms with Crippen LogP contribution in [-0.4, -0.2) is 28.2 Å². The molecular weight excluding hydrogens is 120 g/mol. The summed E-state index contributed by atoms with van der Waals surface area (Å²) in [6, 6.07) is 0. The number of carbonyl (C=O) groups is 1. The molecule has 2 atom stereocenters.